The van der Waals surface area contributed by atoms with Gasteiger partial charge in [-0.15, -0.1) is 0 Å². The first kappa shape index (κ1) is 19.8. The highest BCUT2D eigenvalue weighted by Gasteiger charge is 2.22. The monoisotopic (exact) mass is 370 g/mol. The molecule has 1 heterocycles. The van der Waals surface area contributed by atoms with Gasteiger partial charge in [-0.1, -0.05) is 18.2 Å². The number of hydrogen-bond acceptors (Lipinski definition) is 5. The van der Waals surface area contributed by atoms with E-state index in [0.717, 1.165) is 23.8 Å². The first-order valence-corrected chi connectivity index (χ1v) is 9.77. The molecule has 1 fully saturated rings. The maximum Gasteiger partial charge on any atom is 0.249 e. The minimum atomic E-state index is -3.56. The summed E-state index contributed by atoms with van der Waals surface area (Å²) in [6.45, 7) is 2.92. The quantitative estimate of drug-likeness (QED) is 0.742. The molecule has 8 heteroatoms. The van der Waals surface area contributed by atoms with E-state index in [2.05, 4.69) is 5.32 Å². The van der Waals surface area contributed by atoms with Gasteiger partial charge in [0, 0.05) is 27.2 Å². The summed E-state index contributed by atoms with van der Waals surface area (Å²) in [6, 6.07) is 6.63. The lowest BCUT2D eigenvalue weighted by Gasteiger charge is -2.18. The Morgan fingerprint density at radius 1 is 1.40 bits per heavy atom. The van der Waals surface area contributed by atoms with Crippen LogP contribution in [0.2, 0.25) is 0 Å². The molecular weight excluding hydrogens is 344 g/mol. The Balaban J connectivity index is 1.93. The largest absolute Gasteiger partial charge is 0.376 e. The van der Waals surface area contributed by atoms with Crippen molar-refractivity contribution >= 4 is 15.9 Å². The Morgan fingerprint density at radius 2 is 2.12 bits per heavy atom. The van der Waals surface area contributed by atoms with Gasteiger partial charge in [-0.05, 0) is 31.4 Å². The van der Waals surface area contributed by atoms with Gasteiger partial charge in [-0.2, -0.15) is 0 Å². The lowest BCUT2D eigenvalue weighted by Crippen LogP contribution is -2.36. The molecule has 140 valence electrons. The van der Waals surface area contributed by atoms with Crippen molar-refractivity contribution < 1.29 is 22.7 Å². The third-order valence-corrected chi connectivity index (χ3v) is 6.03. The van der Waals surface area contributed by atoms with Crippen LogP contribution in [0.25, 0.3) is 0 Å². The van der Waals surface area contributed by atoms with E-state index < -0.39 is 16.1 Å². The minimum absolute atomic E-state index is 0.0567. The third kappa shape index (κ3) is 5.24. The van der Waals surface area contributed by atoms with Crippen molar-refractivity contribution in [2.75, 3.05) is 27.3 Å². The van der Waals surface area contributed by atoms with Crippen molar-refractivity contribution in [2.45, 2.75) is 43.4 Å². The van der Waals surface area contributed by atoms with Crippen LogP contribution in [0.3, 0.4) is 0 Å². The van der Waals surface area contributed by atoms with Crippen LogP contribution in [0.15, 0.2) is 29.2 Å². The lowest BCUT2D eigenvalue weighted by atomic mass is 10.2. The number of carbonyl (C=O) groups is 1. The second kappa shape index (κ2) is 8.75. The zero-order valence-electron chi connectivity index (χ0n) is 14.9. The van der Waals surface area contributed by atoms with Crippen LogP contribution < -0.4 is 5.32 Å². The molecule has 1 aliphatic rings. The van der Waals surface area contributed by atoms with Gasteiger partial charge in [0.05, 0.1) is 17.6 Å². The standard InChI is InChI=1S/C17H26N2O5S/c1-13(24-12-15-8-6-10-23-15)17(20)18-11-14-7-4-5-9-16(14)25(21,22)19(2)3/h4-5,7,9,13,15H,6,8,10-12H2,1-3H3,(H,18,20). The molecular formula is C17H26N2O5S. The molecule has 0 radical (unpaired) electrons. The summed E-state index contributed by atoms with van der Waals surface area (Å²) < 4.78 is 36.9. The highest BCUT2D eigenvalue weighted by Crippen LogP contribution is 2.18. The summed E-state index contributed by atoms with van der Waals surface area (Å²) in [5, 5.41) is 2.74. The van der Waals surface area contributed by atoms with E-state index in [0.29, 0.717) is 12.2 Å². The van der Waals surface area contributed by atoms with Crippen LogP contribution in [0.5, 0.6) is 0 Å². The molecule has 0 saturated carbocycles. The fourth-order valence-electron chi connectivity index (χ4n) is 2.53. The Labute approximate surface area is 149 Å². The molecule has 1 aromatic carbocycles. The molecule has 2 rings (SSSR count). The van der Waals surface area contributed by atoms with Gasteiger partial charge in [-0.25, -0.2) is 12.7 Å². The molecule has 1 aliphatic heterocycles. The third-order valence-electron chi connectivity index (χ3n) is 4.11. The number of rotatable bonds is 8. The first-order valence-electron chi connectivity index (χ1n) is 8.33. The lowest BCUT2D eigenvalue weighted by molar-refractivity contribution is -0.133. The Morgan fingerprint density at radius 3 is 2.76 bits per heavy atom. The van der Waals surface area contributed by atoms with Gasteiger partial charge in [0.15, 0.2) is 0 Å². The van der Waals surface area contributed by atoms with E-state index in [9.17, 15) is 13.2 Å². The summed E-state index contributed by atoms with van der Waals surface area (Å²) in [4.78, 5) is 12.4. The number of carbonyl (C=O) groups excluding carboxylic acids is 1. The number of amides is 1. The van der Waals surface area contributed by atoms with Crippen LogP contribution in [-0.2, 0) is 30.8 Å². The second-order valence-electron chi connectivity index (χ2n) is 6.22. The van der Waals surface area contributed by atoms with Crippen molar-refractivity contribution in [3.8, 4) is 0 Å². The minimum Gasteiger partial charge on any atom is -0.376 e. The zero-order valence-corrected chi connectivity index (χ0v) is 15.7. The van der Waals surface area contributed by atoms with Gasteiger partial charge in [0.2, 0.25) is 15.9 Å². The van der Waals surface area contributed by atoms with E-state index in [1.165, 1.54) is 20.2 Å². The molecule has 7 nitrogen and oxygen atoms in total. The fraction of sp³-hybridized carbons (Fsp3) is 0.588. The Kier molecular flexibility index (Phi) is 6.95. The number of nitrogens with zero attached hydrogens (tertiary/aromatic N) is 1. The fourth-order valence-corrected chi connectivity index (χ4v) is 3.64. The first-order chi connectivity index (χ1) is 11.8. The van der Waals surface area contributed by atoms with E-state index in [-0.39, 0.29) is 23.5 Å². The van der Waals surface area contributed by atoms with Crippen LogP contribution in [0, 0.1) is 0 Å². The molecule has 0 spiro atoms. The normalized spacial score (nSPS) is 19.1. The highest BCUT2D eigenvalue weighted by molar-refractivity contribution is 7.89. The molecule has 2 unspecified atom stereocenters. The van der Waals surface area contributed by atoms with Gasteiger partial charge in [-0.3, -0.25) is 4.79 Å². The second-order valence-corrected chi connectivity index (χ2v) is 8.34. The summed E-state index contributed by atoms with van der Waals surface area (Å²) in [7, 11) is -0.607. The van der Waals surface area contributed by atoms with Crippen molar-refractivity contribution in [1.29, 1.82) is 0 Å². The topological polar surface area (TPSA) is 84.9 Å². The predicted molar refractivity (Wildman–Crippen MR) is 93.5 cm³/mol. The Hall–Kier alpha value is -1.48. The van der Waals surface area contributed by atoms with Gasteiger partial charge in [0.25, 0.3) is 0 Å². The van der Waals surface area contributed by atoms with Crippen molar-refractivity contribution in [1.82, 2.24) is 9.62 Å². The van der Waals surface area contributed by atoms with E-state index >= 15 is 0 Å². The van der Waals surface area contributed by atoms with Crippen LogP contribution >= 0.6 is 0 Å². The zero-order chi connectivity index (χ0) is 18.4. The maximum atomic E-state index is 12.4. The molecule has 0 aliphatic carbocycles. The summed E-state index contributed by atoms with van der Waals surface area (Å²) in [5.74, 6) is -0.282. The van der Waals surface area contributed by atoms with Gasteiger partial charge < -0.3 is 14.8 Å². The number of ether oxygens (including phenoxy) is 2. The molecule has 0 aromatic heterocycles. The van der Waals surface area contributed by atoms with E-state index in [1.54, 1.807) is 25.1 Å². The molecule has 1 aromatic rings. The number of nitrogens with one attached hydrogen (secondary N) is 1. The molecule has 1 saturated heterocycles. The van der Waals surface area contributed by atoms with Crippen LogP contribution in [0.1, 0.15) is 25.3 Å². The van der Waals surface area contributed by atoms with Crippen molar-refractivity contribution in [3.05, 3.63) is 29.8 Å². The van der Waals surface area contributed by atoms with Crippen LogP contribution in [0.4, 0.5) is 0 Å². The van der Waals surface area contributed by atoms with Gasteiger partial charge >= 0.3 is 0 Å². The van der Waals surface area contributed by atoms with Crippen molar-refractivity contribution in [2.24, 2.45) is 0 Å². The van der Waals surface area contributed by atoms with E-state index in [1.807, 2.05) is 0 Å². The van der Waals surface area contributed by atoms with Crippen LogP contribution in [-0.4, -0.2) is 58.1 Å². The smallest absolute Gasteiger partial charge is 0.249 e. The SMILES string of the molecule is CC(OCC1CCCO1)C(=O)NCc1ccccc1S(=O)(=O)N(C)C. The summed E-state index contributed by atoms with van der Waals surface area (Å²) >= 11 is 0. The van der Waals surface area contributed by atoms with Gasteiger partial charge in [0.1, 0.15) is 6.10 Å². The summed E-state index contributed by atoms with van der Waals surface area (Å²) in [6.07, 6.45) is 1.40. The molecule has 25 heavy (non-hydrogen) atoms. The highest BCUT2D eigenvalue weighted by atomic mass is 32.2. The summed E-state index contributed by atoms with van der Waals surface area (Å²) in [5.41, 5.74) is 0.538. The molecule has 1 N–H and O–H groups in total. The number of sulfonamides is 1. The predicted octanol–water partition coefficient (Wildman–Crippen LogP) is 1.14. The molecule has 1 amide bonds. The van der Waals surface area contributed by atoms with E-state index in [4.69, 9.17) is 9.47 Å². The Bertz CT molecular complexity index is 684. The average Bonchev–Trinajstić information content (AvgIpc) is 3.11. The number of hydrogen-bond donors (Lipinski definition) is 1. The number of benzene rings is 1. The average molecular weight is 370 g/mol. The molecule has 2 atom stereocenters. The maximum absolute atomic E-state index is 12.4. The molecule has 0 bridgehead atoms. The van der Waals surface area contributed by atoms with Crippen molar-refractivity contribution in [3.63, 3.8) is 0 Å².